The molecule has 2 aromatic carbocycles. The van der Waals surface area contributed by atoms with Crippen molar-refractivity contribution in [1.82, 2.24) is 0 Å². The van der Waals surface area contributed by atoms with E-state index in [0.717, 1.165) is 40.0 Å². The van der Waals surface area contributed by atoms with E-state index in [1.165, 1.54) is 0 Å². The van der Waals surface area contributed by atoms with Gasteiger partial charge in [-0.05, 0) is 24.1 Å². The lowest BCUT2D eigenvalue weighted by molar-refractivity contribution is -0.117. The van der Waals surface area contributed by atoms with Crippen LogP contribution in [-0.4, -0.2) is 5.91 Å². The smallest absolute Gasteiger partial charge is 0.232 e. The maximum atomic E-state index is 12.4. The molecule has 1 aromatic heterocycles. The van der Waals surface area contributed by atoms with Gasteiger partial charge in [-0.1, -0.05) is 43.3 Å². The molecule has 1 aliphatic heterocycles. The molecule has 0 aliphatic carbocycles. The molecule has 1 N–H and O–H groups in total. The van der Waals surface area contributed by atoms with E-state index in [4.69, 9.17) is 4.42 Å². The van der Waals surface area contributed by atoms with Gasteiger partial charge in [0, 0.05) is 23.1 Å². The number of furan rings is 1. The largest absolute Gasteiger partial charge is 0.461 e. The van der Waals surface area contributed by atoms with Crippen LogP contribution >= 0.6 is 0 Å². The second-order valence-corrected chi connectivity index (χ2v) is 5.69. The summed E-state index contributed by atoms with van der Waals surface area (Å²) in [4.78, 5) is 12.4. The average Bonchev–Trinajstić information content (AvgIpc) is 3.06. The first-order valence-electron chi connectivity index (χ1n) is 7.67. The highest BCUT2D eigenvalue weighted by Crippen LogP contribution is 2.37. The Labute approximate surface area is 128 Å². The molecule has 4 rings (SSSR count). The number of fused-ring (bicyclic) bond motifs is 2. The van der Waals surface area contributed by atoms with Crippen LogP contribution in [0.3, 0.4) is 0 Å². The molecule has 3 aromatic rings. The number of aryl methyl sites for hydroxylation is 1. The number of hydrogen-bond acceptors (Lipinski definition) is 2. The van der Waals surface area contributed by atoms with Crippen LogP contribution in [0.4, 0.5) is 5.69 Å². The van der Waals surface area contributed by atoms with E-state index >= 15 is 0 Å². The quantitative estimate of drug-likeness (QED) is 0.783. The van der Waals surface area contributed by atoms with Crippen LogP contribution in [0.25, 0.3) is 11.0 Å². The van der Waals surface area contributed by atoms with Crippen LogP contribution in [0.1, 0.15) is 29.7 Å². The normalized spacial score (nSPS) is 16.8. The monoisotopic (exact) mass is 291 g/mol. The molecule has 1 unspecified atom stereocenters. The van der Waals surface area contributed by atoms with Crippen molar-refractivity contribution in [2.45, 2.75) is 25.7 Å². The standard InChI is InChI=1S/C19H17NO2/c1-2-17-14(13-8-4-6-10-18(13)22-17)11-15-12-7-3-5-9-16(12)20-19(15)21/h3-10,15H,2,11H2,1H3,(H,20,21). The van der Waals surface area contributed by atoms with E-state index in [-0.39, 0.29) is 11.8 Å². The van der Waals surface area contributed by atoms with Crippen molar-refractivity contribution >= 4 is 22.6 Å². The molecule has 110 valence electrons. The first kappa shape index (κ1) is 13.1. The highest BCUT2D eigenvalue weighted by atomic mass is 16.3. The first-order chi connectivity index (χ1) is 10.8. The third-order valence-electron chi connectivity index (χ3n) is 4.42. The summed E-state index contributed by atoms with van der Waals surface area (Å²) < 4.78 is 5.95. The van der Waals surface area contributed by atoms with Crippen molar-refractivity contribution in [2.75, 3.05) is 5.32 Å². The van der Waals surface area contributed by atoms with Gasteiger partial charge in [0.05, 0.1) is 5.92 Å². The van der Waals surface area contributed by atoms with Crippen molar-refractivity contribution in [3.05, 3.63) is 65.4 Å². The lowest BCUT2D eigenvalue weighted by atomic mass is 9.91. The summed E-state index contributed by atoms with van der Waals surface area (Å²) in [5, 5.41) is 4.10. The maximum absolute atomic E-state index is 12.4. The second kappa shape index (κ2) is 5.02. The highest BCUT2D eigenvalue weighted by Gasteiger charge is 2.31. The number of benzene rings is 2. The minimum atomic E-state index is -0.137. The molecule has 0 fully saturated rings. The topological polar surface area (TPSA) is 42.2 Å². The molecule has 1 atom stereocenters. The molecule has 3 heteroatoms. The molecule has 0 radical (unpaired) electrons. The van der Waals surface area contributed by atoms with E-state index in [1.807, 2.05) is 42.5 Å². The van der Waals surface area contributed by atoms with Gasteiger partial charge in [0.15, 0.2) is 0 Å². The number of amides is 1. The number of anilines is 1. The number of para-hydroxylation sites is 2. The van der Waals surface area contributed by atoms with Gasteiger partial charge in [-0.25, -0.2) is 0 Å². The molecule has 1 aliphatic rings. The molecule has 0 saturated heterocycles. The van der Waals surface area contributed by atoms with Crippen LogP contribution in [0.2, 0.25) is 0 Å². The Morgan fingerprint density at radius 3 is 2.73 bits per heavy atom. The Morgan fingerprint density at radius 1 is 1.09 bits per heavy atom. The molecule has 2 heterocycles. The predicted octanol–water partition coefficient (Wildman–Crippen LogP) is 4.27. The predicted molar refractivity (Wildman–Crippen MR) is 87.1 cm³/mol. The zero-order valence-electron chi connectivity index (χ0n) is 12.4. The molecule has 22 heavy (non-hydrogen) atoms. The van der Waals surface area contributed by atoms with Crippen molar-refractivity contribution < 1.29 is 9.21 Å². The minimum Gasteiger partial charge on any atom is -0.461 e. The van der Waals surface area contributed by atoms with Crippen molar-refractivity contribution in [1.29, 1.82) is 0 Å². The highest BCUT2D eigenvalue weighted by molar-refractivity contribution is 6.03. The summed E-state index contributed by atoms with van der Waals surface area (Å²) in [6, 6.07) is 16.0. The average molecular weight is 291 g/mol. The van der Waals surface area contributed by atoms with Crippen LogP contribution < -0.4 is 5.32 Å². The summed E-state index contributed by atoms with van der Waals surface area (Å²) in [5.41, 5.74) is 4.08. The molecule has 0 spiro atoms. The third-order valence-corrected chi connectivity index (χ3v) is 4.42. The summed E-state index contributed by atoms with van der Waals surface area (Å²) in [7, 11) is 0. The van der Waals surface area contributed by atoms with Gasteiger partial charge in [-0.2, -0.15) is 0 Å². The lowest BCUT2D eigenvalue weighted by Gasteiger charge is -2.09. The molecule has 3 nitrogen and oxygen atoms in total. The van der Waals surface area contributed by atoms with Crippen molar-refractivity contribution in [3.63, 3.8) is 0 Å². The Morgan fingerprint density at radius 2 is 1.86 bits per heavy atom. The van der Waals surface area contributed by atoms with Gasteiger partial charge in [-0.3, -0.25) is 4.79 Å². The van der Waals surface area contributed by atoms with E-state index in [0.29, 0.717) is 6.42 Å². The number of carbonyl (C=O) groups is 1. The Kier molecular flexibility index (Phi) is 3.00. The van der Waals surface area contributed by atoms with E-state index in [9.17, 15) is 4.79 Å². The number of rotatable bonds is 3. The van der Waals surface area contributed by atoms with Crippen molar-refractivity contribution in [3.8, 4) is 0 Å². The Balaban J connectivity index is 1.80. The Bertz CT molecular complexity index is 863. The number of nitrogens with one attached hydrogen (secondary N) is 1. The molecule has 0 saturated carbocycles. The maximum Gasteiger partial charge on any atom is 0.232 e. The van der Waals surface area contributed by atoms with E-state index in [1.54, 1.807) is 0 Å². The summed E-state index contributed by atoms with van der Waals surface area (Å²) in [6.45, 7) is 2.09. The zero-order chi connectivity index (χ0) is 15.1. The fourth-order valence-corrected chi connectivity index (χ4v) is 3.34. The summed E-state index contributed by atoms with van der Waals surface area (Å²) in [5.74, 6) is 0.925. The Hall–Kier alpha value is -2.55. The van der Waals surface area contributed by atoms with Gasteiger partial charge in [0.2, 0.25) is 5.91 Å². The molecule has 1 amide bonds. The third kappa shape index (κ3) is 1.93. The lowest BCUT2D eigenvalue weighted by Crippen LogP contribution is -2.14. The van der Waals surface area contributed by atoms with Gasteiger partial charge in [0.25, 0.3) is 0 Å². The number of hydrogen-bond donors (Lipinski definition) is 1. The molecular weight excluding hydrogens is 274 g/mol. The molecule has 0 bridgehead atoms. The first-order valence-corrected chi connectivity index (χ1v) is 7.67. The van der Waals surface area contributed by atoms with E-state index in [2.05, 4.69) is 18.3 Å². The SMILES string of the molecule is CCc1oc2ccccc2c1CC1C(=O)Nc2ccccc21. The zero-order valence-corrected chi connectivity index (χ0v) is 12.4. The van der Waals surface area contributed by atoms with Crippen LogP contribution in [0, 0.1) is 0 Å². The van der Waals surface area contributed by atoms with E-state index < -0.39 is 0 Å². The van der Waals surface area contributed by atoms with Gasteiger partial charge >= 0.3 is 0 Å². The summed E-state index contributed by atoms with van der Waals surface area (Å²) in [6.07, 6.45) is 1.52. The van der Waals surface area contributed by atoms with Gasteiger partial charge in [0.1, 0.15) is 11.3 Å². The summed E-state index contributed by atoms with van der Waals surface area (Å²) >= 11 is 0. The molecular formula is C19H17NO2. The van der Waals surface area contributed by atoms with Crippen LogP contribution in [-0.2, 0) is 17.6 Å². The van der Waals surface area contributed by atoms with Crippen LogP contribution in [0.15, 0.2) is 52.9 Å². The van der Waals surface area contributed by atoms with Gasteiger partial charge < -0.3 is 9.73 Å². The van der Waals surface area contributed by atoms with Crippen LogP contribution in [0.5, 0.6) is 0 Å². The minimum absolute atomic E-state index is 0.0773. The fraction of sp³-hybridized carbons (Fsp3) is 0.211. The fourth-order valence-electron chi connectivity index (χ4n) is 3.34. The number of carbonyl (C=O) groups excluding carboxylic acids is 1. The second-order valence-electron chi connectivity index (χ2n) is 5.69. The van der Waals surface area contributed by atoms with Crippen molar-refractivity contribution in [2.24, 2.45) is 0 Å². The van der Waals surface area contributed by atoms with Gasteiger partial charge in [-0.15, -0.1) is 0 Å².